The summed E-state index contributed by atoms with van der Waals surface area (Å²) in [5.74, 6) is -0.747. The number of rotatable bonds is 6. The minimum absolute atomic E-state index is 0.117. The largest absolute Gasteiger partial charge is 0.322 e. The second kappa shape index (κ2) is 11.4. The van der Waals surface area contributed by atoms with E-state index in [4.69, 9.17) is 0 Å². The molecule has 3 aromatic carbocycles. The maximum Gasteiger partial charge on any atom is 0.255 e. The van der Waals surface area contributed by atoms with Crippen molar-refractivity contribution in [2.24, 2.45) is 0 Å². The smallest absolute Gasteiger partial charge is 0.255 e. The number of hydrogen-bond donors (Lipinski definition) is 1. The van der Waals surface area contributed by atoms with Gasteiger partial charge >= 0.3 is 0 Å². The van der Waals surface area contributed by atoms with Crippen LogP contribution < -0.4 is 5.32 Å². The van der Waals surface area contributed by atoms with Crippen LogP contribution in [0.1, 0.15) is 65.2 Å². The van der Waals surface area contributed by atoms with E-state index in [1.165, 1.54) is 16.0 Å². The summed E-state index contributed by atoms with van der Waals surface area (Å²) in [5.41, 5.74) is 4.31. The monoisotopic (exact) mass is 539 g/mol. The first-order valence-corrected chi connectivity index (χ1v) is 14.7. The van der Waals surface area contributed by atoms with Crippen LogP contribution in [0.4, 0.5) is 0 Å². The Kier molecular flexibility index (Phi) is 7.53. The molecule has 0 spiro atoms. The molecule has 7 heteroatoms. The molecule has 200 valence electrons. The number of benzene rings is 3. The summed E-state index contributed by atoms with van der Waals surface area (Å²) in [4.78, 5) is 42.4. The second-order valence-corrected chi connectivity index (χ2v) is 12.0. The van der Waals surface area contributed by atoms with Crippen LogP contribution in [-0.2, 0) is 16.1 Å². The number of nitrogens with zero attached hydrogens (tertiary/aromatic N) is 2. The number of likely N-dealkylation sites (tertiary alicyclic amines) is 1. The van der Waals surface area contributed by atoms with E-state index in [9.17, 15) is 14.4 Å². The number of nitrogens with one attached hydrogen (secondary N) is 1. The van der Waals surface area contributed by atoms with Crippen molar-refractivity contribution in [3.05, 3.63) is 101 Å². The summed E-state index contributed by atoms with van der Waals surface area (Å²) in [6.45, 7) is 2.51. The summed E-state index contributed by atoms with van der Waals surface area (Å²) in [5, 5.41) is 2.88. The lowest BCUT2D eigenvalue weighted by Crippen LogP contribution is -2.52. The standard InChI is InChI=1S/C32H33N3O3S/c36-29-16-15-28(31(37)33-29)35-21-24-20-26(13-14-27(24)32(35)38)39-25-12-7-18-34(19-17-25)30(22-8-3-1-4-9-22)23-10-5-2-6-11-23/h1-6,8-11,13-14,20,25,28,30H,7,12,15-19,21H2,(H,33,36,37). The van der Waals surface area contributed by atoms with E-state index in [1.54, 1.807) is 4.90 Å². The van der Waals surface area contributed by atoms with Gasteiger partial charge in [-0.25, -0.2) is 0 Å². The van der Waals surface area contributed by atoms with Crippen LogP contribution in [0, 0.1) is 0 Å². The van der Waals surface area contributed by atoms with Gasteiger partial charge in [-0.2, -0.15) is 0 Å². The third-order valence-electron chi connectivity index (χ3n) is 8.10. The first kappa shape index (κ1) is 25.8. The maximum atomic E-state index is 13.1. The lowest BCUT2D eigenvalue weighted by Gasteiger charge is -2.31. The van der Waals surface area contributed by atoms with Crippen LogP contribution in [0.15, 0.2) is 83.8 Å². The Labute approximate surface area is 233 Å². The SMILES string of the molecule is O=C1CCC(N2Cc3cc(SC4CCCN(C(c5ccccc5)c5ccccc5)CC4)ccc3C2=O)C(=O)N1. The first-order chi connectivity index (χ1) is 19.1. The lowest BCUT2D eigenvalue weighted by molar-refractivity contribution is -0.136. The molecule has 0 radical (unpaired) electrons. The van der Waals surface area contributed by atoms with E-state index in [2.05, 4.69) is 83.0 Å². The van der Waals surface area contributed by atoms with Gasteiger partial charge in [0.25, 0.3) is 5.91 Å². The van der Waals surface area contributed by atoms with Crippen molar-refractivity contribution in [1.29, 1.82) is 0 Å². The fourth-order valence-corrected chi connectivity index (χ4v) is 7.41. The Bertz CT molecular complexity index is 1320. The number of thioether (sulfide) groups is 1. The topological polar surface area (TPSA) is 69.7 Å². The van der Waals surface area contributed by atoms with Gasteiger partial charge in [0.15, 0.2) is 0 Å². The fraction of sp³-hybridized carbons (Fsp3) is 0.344. The van der Waals surface area contributed by atoms with Crippen LogP contribution in [0.2, 0.25) is 0 Å². The zero-order valence-electron chi connectivity index (χ0n) is 21.9. The second-order valence-electron chi connectivity index (χ2n) is 10.6. The molecule has 39 heavy (non-hydrogen) atoms. The molecule has 0 saturated carbocycles. The van der Waals surface area contributed by atoms with Gasteiger partial charge in [0.1, 0.15) is 6.04 Å². The fourth-order valence-electron chi connectivity index (χ4n) is 6.17. The third kappa shape index (κ3) is 5.52. The molecule has 2 saturated heterocycles. The average molecular weight is 540 g/mol. The van der Waals surface area contributed by atoms with Gasteiger partial charge in [0.2, 0.25) is 11.8 Å². The Hall–Kier alpha value is -3.42. The third-order valence-corrected chi connectivity index (χ3v) is 9.43. The van der Waals surface area contributed by atoms with Crippen molar-refractivity contribution in [3.8, 4) is 0 Å². The molecule has 0 bridgehead atoms. The van der Waals surface area contributed by atoms with Crippen molar-refractivity contribution in [2.75, 3.05) is 13.1 Å². The number of piperidine rings is 1. The first-order valence-electron chi connectivity index (χ1n) is 13.8. The predicted octanol–water partition coefficient (Wildman–Crippen LogP) is 5.18. The molecule has 3 aliphatic heterocycles. The van der Waals surface area contributed by atoms with E-state index in [1.807, 2.05) is 17.8 Å². The number of carbonyl (C=O) groups is 3. The lowest BCUT2D eigenvalue weighted by atomic mass is 9.97. The molecule has 3 amide bonds. The average Bonchev–Trinajstić information content (AvgIpc) is 3.10. The van der Waals surface area contributed by atoms with Crippen molar-refractivity contribution in [1.82, 2.24) is 15.1 Å². The molecule has 3 heterocycles. The zero-order valence-corrected chi connectivity index (χ0v) is 22.7. The van der Waals surface area contributed by atoms with Crippen LogP contribution in [0.5, 0.6) is 0 Å². The van der Waals surface area contributed by atoms with Crippen molar-refractivity contribution in [2.45, 2.75) is 60.9 Å². The van der Waals surface area contributed by atoms with Gasteiger partial charge < -0.3 is 4.90 Å². The van der Waals surface area contributed by atoms with Crippen molar-refractivity contribution in [3.63, 3.8) is 0 Å². The highest BCUT2D eigenvalue weighted by Crippen LogP contribution is 2.37. The molecule has 0 aliphatic carbocycles. The van der Waals surface area contributed by atoms with E-state index in [0.29, 0.717) is 23.8 Å². The predicted molar refractivity (Wildman–Crippen MR) is 152 cm³/mol. The minimum atomic E-state index is -0.575. The normalized spacial score (nSPS) is 22.1. The van der Waals surface area contributed by atoms with Gasteiger partial charge in [-0.3, -0.25) is 24.6 Å². The van der Waals surface area contributed by atoms with E-state index in [-0.39, 0.29) is 30.2 Å². The van der Waals surface area contributed by atoms with Crippen molar-refractivity contribution >= 4 is 29.5 Å². The van der Waals surface area contributed by atoms with Gasteiger partial charge in [-0.05, 0) is 67.1 Å². The molecule has 2 atom stereocenters. The van der Waals surface area contributed by atoms with Crippen LogP contribution in [0.3, 0.4) is 0 Å². The zero-order chi connectivity index (χ0) is 26.8. The maximum absolute atomic E-state index is 13.1. The molecule has 0 aromatic heterocycles. The molecule has 2 unspecified atom stereocenters. The van der Waals surface area contributed by atoms with E-state index < -0.39 is 6.04 Å². The summed E-state index contributed by atoms with van der Waals surface area (Å²) >= 11 is 1.91. The quantitative estimate of drug-likeness (QED) is 0.437. The van der Waals surface area contributed by atoms with Crippen LogP contribution in [0.25, 0.3) is 0 Å². The number of hydrogen-bond acceptors (Lipinski definition) is 5. The highest BCUT2D eigenvalue weighted by Gasteiger charge is 2.39. The molecule has 1 N–H and O–H groups in total. The van der Waals surface area contributed by atoms with E-state index in [0.717, 1.165) is 37.9 Å². The summed E-state index contributed by atoms with van der Waals surface area (Å²) in [6.07, 6.45) is 4.04. The number of fused-ring (bicyclic) bond motifs is 1. The Balaban J connectivity index is 1.13. The van der Waals surface area contributed by atoms with Crippen LogP contribution >= 0.6 is 11.8 Å². The summed E-state index contributed by atoms with van der Waals surface area (Å²) < 4.78 is 0. The molecule has 3 aromatic rings. The summed E-state index contributed by atoms with van der Waals surface area (Å²) in [6, 6.07) is 27.4. The number of carbonyl (C=O) groups excluding carboxylic acids is 3. The highest BCUT2D eigenvalue weighted by atomic mass is 32.2. The van der Waals surface area contributed by atoms with Gasteiger partial charge in [0, 0.05) is 35.2 Å². The van der Waals surface area contributed by atoms with Crippen LogP contribution in [-0.4, -0.2) is 51.9 Å². The number of amides is 3. The van der Waals surface area contributed by atoms with E-state index >= 15 is 0 Å². The Morgan fingerprint density at radius 3 is 2.23 bits per heavy atom. The Morgan fingerprint density at radius 2 is 1.54 bits per heavy atom. The molecule has 3 aliphatic rings. The van der Waals surface area contributed by atoms with Crippen molar-refractivity contribution < 1.29 is 14.4 Å². The Morgan fingerprint density at radius 1 is 0.821 bits per heavy atom. The van der Waals surface area contributed by atoms with Gasteiger partial charge in [-0.1, -0.05) is 60.7 Å². The molecule has 6 nitrogen and oxygen atoms in total. The van der Waals surface area contributed by atoms with Gasteiger partial charge in [-0.15, -0.1) is 11.8 Å². The minimum Gasteiger partial charge on any atom is -0.322 e. The molecular formula is C32H33N3O3S. The summed E-state index contributed by atoms with van der Waals surface area (Å²) in [7, 11) is 0. The number of imide groups is 1. The molecule has 2 fully saturated rings. The van der Waals surface area contributed by atoms with Gasteiger partial charge in [0.05, 0.1) is 6.04 Å². The highest BCUT2D eigenvalue weighted by molar-refractivity contribution is 8.00. The molecular weight excluding hydrogens is 506 g/mol. The molecule has 6 rings (SSSR count).